The van der Waals surface area contributed by atoms with Gasteiger partial charge in [0, 0.05) is 32.7 Å². The van der Waals surface area contributed by atoms with Gasteiger partial charge in [-0.15, -0.1) is 0 Å². The van der Waals surface area contributed by atoms with Crippen LogP contribution in [0.5, 0.6) is 0 Å². The van der Waals surface area contributed by atoms with E-state index in [4.69, 9.17) is 5.73 Å². The molecule has 116 valence electrons. The van der Waals surface area contributed by atoms with Gasteiger partial charge in [0.2, 0.25) is 0 Å². The molecule has 1 aromatic rings. The molecule has 0 radical (unpaired) electrons. The van der Waals surface area contributed by atoms with Gasteiger partial charge in [0.05, 0.1) is 11.4 Å². The minimum absolute atomic E-state index is 0.00363. The number of amides is 1. The molecule has 1 atom stereocenters. The number of nitrogens with one attached hydrogen (secondary N) is 1. The molecule has 1 aliphatic rings. The fourth-order valence-electron chi connectivity index (χ4n) is 2.72. The first-order valence-corrected chi connectivity index (χ1v) is 7.58. The molecule has 0 spiro atoms. The van der Waals surface area contributed by atoms with Crippen LogP contribution in [0.3, 0.4) is 0 Å². The van der Waals surface area contributed by atoms with Gasteiger partial charge < -0.3 is 20.9 Å². The average Bonchev–Trinajstić information content (AvgIpc) is 2.93. The maximum absolute atomic E-state index is 12.0. The molecule has 0 aromatic heterocycles. The number of rotatable bonds is 5. The number of carbonyl (C=O) groups excluding carboxylic acids is 1. The number of hydrogen-bond acceptors (Lipinski definition) is 4. The van der Waals surface area contributed by atoms with Gasteiger partial charge in [0.1, 0.15) is 0 Å². The Labute approximate surface area is 127 Å². The van der Waals surface area contributed by atoms with Gasteiger partial charge in [-0.2, -0.15) is 0 Å². The smallest absolute Gasteiger partial charge is 0.253 e. The standard InChI is InChI=1S/C16H26N4O/c1-4-20-8-7-12(11-20)10-18-15-9-13(5-6-14(15)17)16(21)19(2)3/h5-6,9,12,18H,4,7-8,10-11,17H2,1-3H3. The van der Waals surface area contributed by atoms with Crippen LogP contribution < -0.4 is 11.1 Å². The third-order valence-corrected chi connectivity index (χ3v) is 4.10. The zero-order chi connectivity index (χ0) is 15.4. The lowest BCUT2D eigenvalue weighted by Gasteiger charge is -2.17. The number of nitrogen functional groups attached to an aromatic ring is 1. The van der Waals surface area contributed by atoms with Gasteiger partial charge >= 0.3 is 0 Å². The summed E-state index contributed by atoms with van der Waals surface area (Å²) in [5.41, 5.74) is 8.22. The SMILES string of the molecule is CCN1CCC(CNc2cc(C(=O)N(C)C)ccc2N)C1. The van der Waals surface area contributed by atoms with Gasteiger partial charge in [0.25, 0.3) is 5.91 Å². The number of likely N-dealkylation sites (tertiary alicyclic amines) is 1. The summed E-state index contributed by atoms with van der Waals surface area (Å²) in [5.74, 6) is 0.647. The van der Waals surface area contributed by atoms with Crippen LogP contribution in [0.25, 0.3) is 0 Å². The molecule has 5 heteroatoms. The molecule has 1 fully saturated rings. The monoisotopic (exact) mass is 290 g/mol. The molecule has 1 amide bonds. The van der Waals surface area contributed by atoms with Gasteiger partial charge in [-0.3, -0.25) is 4.79 Å². The maximum atomic E-state index is 12.0. The quantitative estimate of drug-likeness (QED) is 0.811. The summed E-state index contributed by atoms with van der Waals surface area (Å²) in [6.07, 6.45) is 1.22. The van der Waals surface area contributed by atoms with Crippen LogP contribution in [0.15, 0.2) is 18.2 Å². The Morgan fingerprint density at radius 1 is 1.48 bits per heavy atom. The summed E-state index contributed by atoms with van der Waals surface area (Å²) in [5, 5.41) is 3.41. The van der Waals surface area contributed by atoms with E-state index in [-0.39, 0.29) is 5.91 Å². The molecule has 0 saturated carbocycles. The van der Waals surface area contributed by atoms with E-state index in [1.165, 1.54) is 13.0 Å². The molecule has 0 aliphatic carbocycles. The summed E-state index contributed by atoms with van der Waals surface area (Å²) >= 11 is 0. The lowest BCUT2D eigenvalue weighted by molar-refractivity contribution is 0.0827. The van der Waals surface area contributed by atoms with E-state index >= 15 is 0 Å². The predicted octanol–water partition coefficient (Wildman–Crippen LogP) is 1.72. The Bertz CT molecular complexity index is 501. The van der Waals surface area contributed by atoms with Crippen molar-refractivity contribution >= 4 is 17.3 Å². The molecule has 1 heterocycles. The van der Waals surface area contributed by atoms with E-state index in [9.17, 15) is 4.79 Å². The highest BCUT2D eigenvalue weighted by Crippen LogP contribution is 2.23. The number of anilines is 2. The van der Waals surface area contributed by atoms with E-state index in [0.29, 0.717) is 17.2 Å². The second kappa shape index (κ2) is 6.80. The Morgan fingerprint density at radius 2 is 2.24 bits per heavy atom. The van der Waals surface area contributed by atoms with E-state index in [1.807, 2.05) is 6.07 Å². The maximum Gasteiger partial charge on any atom is 0.253 e. The van der Waals surface area contributed by atoms with Crippen molar-refractivity contribution in [3.8, 4) is 0 Å². The molecule has 1 aromatic carbocycles. The first-order chi connectivity index (χ1) is 10.0. The molecule has 1 aliphatic heterocycles. The zero-order valence-electron chi connectivity index (χ0n) is 13.2. The van der Waals surface area contributed by atoms with Gasteiger partial charge in [-0.1, -0.05) is 6.92 Å². The third kappa shape index (κ3) is 3.88. The Kier molecular flexibility index (Phi) is 5.07. The molecule has 5 nitrogen and oxygen atoms in total. The summed E-state index contributed by atoms with van der Waals surface area (Å²) in [6, 6.07) is 5.42. The van der Waals surface area contributed by atoms with Crippen molar-refractivity contribution in [2.75, 3.05) is 51.3 Å². The Hall–Kier alpha value is -1.75. The van der Waals surface area contributed by atoms with Crippen LogP contribution in [-0.4, -0.2) is 56.0 Å². The largest absolute Gasteiger partial charge is 0.397 e. The number of carbonyl (C=O) groups is 1. The molecule has 1 saturated heterocycles. The lowest BCUT2D eigenvalue weighted by Crippen LogP contribution is -2.23. The molecule has 0 bridgehead atoms. The van der Waals surface area contributed by atoms with Crippen LogP contribution in [0.4, 0.5) is 11.4 Å². The predicted molar refractivity (Wildman–Crippen MR) is 87.6 cm³/mol. The molecule has 1 unspecified atom stereocenters. The number of benzene rings is 1. The Morgan fingerprint density at radius 3 is 2.86 bits per heavy atom. The first-order valence-electron chi connectivity index (χ1n) is 7.58. The van der Waals surface area contributed by atoms with Crippen LogP contribution in [0.2, 0.25) is 0 Å². The number of nitrogens with two attached hydrogens (primary N) is 1. The van der Waals surface area contributed by atoms with Crippen LogP contribution in [0.1, 0.15) is 23.7 Å². The summed E-state index contributed by atoms with van der Waals surface area (Å²) < 4.78 is 0. The second-order valence-corrected chi connectivity index (χ2v) is 5.93. The van der Waals surface area contributed by atoms with Crippen molar-refractivity contribution in [1.82, 2.24) is 9.80 Å². The molecule has 2 rings (SSSR count). The van der Waals surface area contributed by atoms with E-state index in [1.54, 1.807) is 31.1 Å². The first kappa shape index (κ1) is 15.6. The van der Waals surface area contributed by atoms with Crippen molar-refractivity contribution in [3.05, 3.63) is 23.8 Å². The summed E-state index contributed by atoms with van der Waals surface area (Å²) in [6.45, 7) is 6.53. The zero-order valence-corrected chi connectivity index (χ0v) is 13.2. The minimum atomic E-state index is -0.00363. The van der Waals surface area contributed by atoms with Crippen molar-refractivity contribution in [3.63, 3.8) is 0 Å². The average molecular weight is 290 g/mol. The molecular weight excluding hydrogens is 264 g/mol. The summed E-state index contributed by atoms with van der Waals surface area (Å²) in [4.78, 5) is 16.0. The van der Waals surface area contributed by atoms with Crippen molar-refractivity contribution in [2.24, 2.45) is 5.92 Å². The third-order valence-electron chi connectivity index (χ3n) is 4.10. The summed E-state index contributed by atoms with van der Waals surface area (Å²) in [7, 11) is 3.51. The van der Waals surface area contributed by atoms with Crippen LogP contribution in [0, 0.1) is 5.92 Å². The highest BCUT2D eigenvalue weighted by Gasteiger charge is 2.21. The topological polar surface area (TPSA) is 61.6 Å². The van der Waals surface area contributed by atoms with E-state index < -0.39 is 0 Å². The fraction of sp³-hybridized carbons (Fsp3) is 0.562. The van der Waals surface area contributed by atoms with Crippen molar-refractivity contribution in [1.29, 1.82) is 0 Å². The lowest BCUT2D eigenvalue weighted by atomic mass is 10.1. The Balaban J connectivity index is 1.99. The second-order valence-electron chi connectivity index (χ2n) is 5.93. The van der Waals surface area contributed by atoms with Crippen LogP contribution >= 0.6 is 0 Å². The van der Waals surface area contributed by atoms with Gasteiger partial charge in [-0.25, -0.2) is 0 Å². The van der Waals surface area contributed by atoms with Gasteiger partial charge in [-0.05, 0) is 43.6 Å². The fourth-order valence-corrected chi connectivity index (χ4v) is 2.72. The minimum Gasteiger partial charge on any atom is -0.397 e. The van der Waals surface area contributed by atoms with Crippen LogP contribution in [-0.2, 0) is 0 Å². The van der Waals surface area contributed by atoms with E-state index in [2.05, 4.69) is 17.1 Å². The molecule has 21 heavy (non-hydrogen) atoms. The highest BCUT2D eigenvalue weighted by molar-refractivity contribution is 5.95. The van der Waals surface area contributed by atoms with Crippen molar-refractivity contribution in [2.45, 2.75) is 13.3 Å². The number of hydrogen-bond donors (Lipinski definition) is 2. The number of nitrogens with zero attached hydrogens (tertiary/aromatic N) is 2. The highest BCUT2D eigenvalue weighted by atomic mass is 16.2. The molecule has 3 N–H and O–H groups in total. The van der Waals surface area contributed by atoms with E-state index in [0.717, 1.165) is 25.3 Å². The molecular formula is C16H26N4O. The van der Waals surface area contributed by atoms with Crippen molar-refractivity contribution < 1.29 is 4.79 Å². The normalized spacial score (nSPS) is 18.7. The van der Waals surface area contributed by atoms with Gasteiger partial charge in [0.15, 0.2) is 0 Å².